The lowest BCUT2D eigenvalue weighted by atomic mass is 10.1. The van der Waals surface area contributed by atoms with Crippen molar-refractivity contribution in [3.05, 3.63) is 29.8 Å². The summed E-state index contributed by atoms with van der Waals surface area (Å²) in [5, 5.41) is 29.3. The minimum absolute atomic E-state index is 0.0287. The van der Waals surface area contributed by atoms with E-state index < -0.39 is 0 Å². The van der Waals surface area contributed by atoms with Crippen molar-refractivity contribution in [1.29, 1.82) is 0 Å². The first kappa shape index (κ1) is 8.69. The van der Waals surface area contributed by atoms with Gasteiger partial charge in [-0.1, -0.05) is 17.7 Å². The number of rotatable bonds is 0. The predicted octanol–water partition coefficient (Wildman–Crippen LogP) is 2.27. The molecular formula is C11H10O3. The molecule has 2 aromatic rings. The van der Waals surface area contributed by atoms with Crippen LogP contribution in [0, 0.1) is 6.92 Å². The molecule has 0 aromatic heterocycles. The van der Waals surface area contributed by atoms with E-state index in [0.717, 1.165) is 11.6 Å². The Morgan fingerprint density at radius 3 is 2.29 bits per heavy atom. The zero-order valence-electron chi connectivity index (χ0n) is 7.65. The van der Waals surface area contributed by atoms with Gasteiger partial charge in [-0.3, -0.25) is 0 Å². The maximum absolute atomic E-state index is 9.53. The summed E-state index contributed by atoms with van der Waals surface area (Å²) in [6.45, 7) is 1.89. The van der Waals surface area contributed by atoms with E-state index in [-0.39, 0.29) is 17.2 Å². The second-order valence-electron chi connectivity index (χ2n) is 3.31. The number of phenolic OH excluding ortho intramolecular Hbond substituents is 3. The van der Waals surface area contributed by atoms with Gasteiger partial charge in [-0.15, -0.1) is 0 Å². The van der Waals surface area contributed by atoms with Crippen LogP contribution in [-0.2, 0) is 0 Å². The fourth-order valence-electron chi connectivity index (χ4n) is 1.49. The molecule has 0 aliphatic rings. The number of hydrogen-bond donors (Lipinski definition) is 3. The minimum atomic E-state index is -0.307. The van der Waals surface area contributed by atoms with Crippen molar-refractivity contribution in [1.82, 2.24) is 0 Å². The summed E-state index contributed by atoms with van der Waals surface area (Å²) >= 11 is 0. The molecule has 0 fully saturated rings. The molecule has 3 nitrogen and oxygen atoms in total. The summed E-state index contributed by atoms with van der Waals surface area (Å²) in [5.74, 6) is -0.532. The molecule has 72 valence electrons. The molecule has 0 radical (unpaired) electrons. The van der Waals surface area contributed by atoms with E-state index >= 15 is 0 Å². The Hall–Kier alpha value is -1.90. The summed E-state index contributed by atoms with van der Waals surface area (Å²) in [6.07, 6.45) is 0. The van der Waals surface area contributed by atoms with E-state index in [1.54, 1.807) is 18.2 Å². The average molecular weight is 190 g/mol. The molecule has 0 saturated carbocycles. The highest BCUT2D eigenvalue weighted by Crippen LogP contribution is 2.39. The Bertz CT molecular complexity index is 503. The number of benzene rings is 2. The molecule has 0 spiro atoms. The third-order valence-electron chi connectivity index (χ3n) is 2.22. The van der Waals surface area contributed by atoms with E-state index in [4.69, 9.17) is 0 Å². The maximum Gasteiger partial charge on any atom is 0.165 e. The molecule has 0 saturated heterocycles. The van der Waals surface area contributed by atoms with E-state index in [2.05, 4.69) is 0 Å². The minimum Gasteiger partial charge on any atom is -0.507 e. The molecule has 2 aromatic carbocycles. The highest BCUT2D eigenvalue weighted by atomic mass is 16.3. The van der Waals surface area contributed by atoms with Crippen LogP contribution in [0.15, 0.2) is 24.3 Å². The van der Waals surface area contributed by atoms with Crippen LogP contribution in [0.1, 0.15) is 5.56 Å². The van der Waals surface area contributed by atoms with Crippen LogP contribution < -0.4 is 0 Å². The molecule has 0 unspecified atom stereocenters. The number of hydrogen-bond acceptors (Lipinski definition) is 3. The first-order valence-electron chi connectivity index (χ1n) is 4.24. The van der Waals surface area contributed by atoms with Crippen LogP contribution >= 0.6 is 0 Å². The second kappa shape index (κ2) is 2.80. The lowest BCUT2D eigenvalue weighted by Gasteiger charge is -2.06. The SMILES string of the molecule is Cc1ccc2c(O)c(O)cc(O)c2c1. The third-order valence-corrected chi connectivity index (χ3v) is 2.22. The van der Waals surface area contributed by atoms with Crippen LogP contribution in [-0.4, -0.2) is 15.3 Å². The first-order chi connectivity index (χ1) is 6.59. The zero-order valence-corrected chi connectivity index (χ0v) is 7.65. The van der Waals surface area contributed by atoms with E-state index in [0.29, 0.717) is 10.8 Å². The normalized spacial score (nSPS) is 10.6. The Kier molecular flexibility index (Phi) is 1.74. The third kappa shape index (κ3) is 1.14. The average Bonchev–Trinajstić information content (AvgIpc) is 2.14. The smallest absolute Gasteiger partial charge is 0.165 e. The molecular weight excluding hydrogens is 180 g/mol. The lowest BCUT2D eigenvalue weighted by Crippen LogP contribution is -1.79. The van der Waals surface area contributed by atoms with Crippen molar-refractivity contribution < 1.29 is 15.3 Å². The summed E-state index contributed by atoms with van der Waals surface area (Å²) in [6, 6.07) is 6.36. The molecule has 0 heterocycles. The van der Waals surface area contributed by atoms with E-state index in [9.17, 15) is 15.3 Å². The van der Waals surface area contributed by atoms with Crippen molar-refractivity contribution in [2.75, 3.05) is 0 Å². The summed E-state index contributed by atoms with van der Waals surface area (Å²) in [7, 11) is 0. The molecule has 0 amide bonds. The molecule has 0 aliphatic heterocycles. The Balaban J connectivity index is 2.94. The molecule has 3 N–H and O–H groups in total. The summed E-state index contributed by atoms with van der Waals surface area (Å²) in [4.78, 5) is 0. The van der Waals surface area contributed by atoms with Crippen molar-refractivity contribution in [3.63, 3.8) is 0 Å². The second-order valence-corrected chi connectivity index (χ2v) is 3.31. The summed E-state index contributed by atoms with van der Waals surface area (Å²) < 4.78 is 0. The number of fused-ring (bicyclic) bond motifs is 1. The van der Waals surface area contributed by atoms with Crippen molar-refractivity contribution in [3.8, 4) is 17.2 Å². The van der Waals surface area contributed by atoms with Gasteiger partial charge in [0.2, 0.25) is 0 Å². The number of aromatic hydroxyl groups is 3. The van der Waals surface area contributed by atoms with Crippen LogP contribution in [0.4, 0.5) is 0 Å². The topological polar surface area (TPSA) is 60.7 Å². The van der Waals surface area contributed by atoms with Crippen molar-refractivity contribution >= 4 is 10.8 Å². The standard InChI is InChI=1S/C11H10O3/c1-6-2-3-7-8(4-6)9(12)5-10(13)11(7)14/h2-5,12-14H,1H3. The molecule has 0 atom stereocenters. The largest absolute Gasteiger partial charge is 0.507 e. The highest BCUT2D eigenvalue weighted by molar-refractivity contribution is 5.95. The Morgan fingerprint density at radius 2 is 1.57 bits per heavy atom. The van der Waals surface area contributed by atoms with Crippen LogP contribution in [0.25, 0.3) is 10.8 Å². The van der Waals surface area contributed by atoms with Gasteiger partial charge in [-0.25, -0.2) is 0 Å². The van der Waals surface area contributed by atoms with Crippen LogP contribution in [0.2, 0.25) is 0 Å². The molecule has 0 bridgehead atoms. The van der Waals surface area contributed by atoms with Gasteiger partial charge in [0.1, 0.15) is 5.75 Å². The van der Waals surface area contributed by atoms with Crippen LogP contribution in [0.3, 0.4) is 0 Å². The monoisotopic (exact) mass is 190 g/mol. The van der Waals surface area contributed by atoms with Gasteiger partial charge < -0.3 is 15.3 Å². The van der Waals surface area contributed by atoms with Gasteiger partial charge in [0.05, 0.1) is 0 Å². The highest BCUT2D eigenvalue weighted by Gasteiger charge is 2.09. The fourth-order valence-corrected chi connectivity index (χ4v) is 1.49. The molecule has 14 heavy (non-hydrogen) atoms. The lowest BCUT2D eigenvalue weighted by molar-refractivity contribution is 0.402. The zero-order chi connectivity index (χ0) is 10.3. The van der Waals surface area contributed by atoms with Gasteiger partial charge in [0.15, 0.2) is 11.5 Å². The number of aryl methyl sites for hydroxylation is 1. The maximum atomic E-state index is 9.53. The van der Waals surface area contributed by atoms with Crippen LogP contribution in [0.5, 0.6) is 17.2 Å². The predicted molar refractivity (Wildman–Crippen MR) is 53.7 cm³/mol. The van der Waals surface area contributed by atoms with Gasteiger partial charge >= 0.3 is 0 Å². The Morgan fingerprint density at radius 1 is 0.857 bits per heavy atom. The van der Waals surface area contributed by atoms with Gasteiger partial charge in [0.25, 0.3) is 0 Å². The molecule has 0 aliphatic carbocycles. The van der Waals surface area contributed by atoms with Crippen molar-refractivity contribution in [2.24, 2.45) is 0 Å². The molecule has 3 heteroatoms. The first-order valence-corrected chi connectivity index (χ1v) is 4.24. The fraction of sp³-hybridized carbons (Fsp3) is 0.0909. The van der Waals surface area contributed by atoms with E-state index in [1.807, 2.05) is 6.92 Å². The number of phenols is 3. The molecule has 2 rings (SSSR count). The summed E-state index contributed by atoms with van der Waals surface area (Å²) in [5.41, 5.74) is 0.984. The quantitative estimate of drug-likeness (QED) is 0.441. The Labute approximate surface area is 80.9 Å². The van der Waals surface area contributed by atoms with Gasteiger partial charge in [-0.2, -0.15) is 0 Å². The van der Waals surface area contributed by atoms with Crippen molar-refractivity contribution in [2.45, 2.75) is 6.92 Å². The van der Waals surface area contributed by atoms with Gasteiger partial charge in [-0.05, 0) is 13.0 Å². The van der Waals surface area contributed by atoms with E-state index in [1.165, 1.54) is 0 Å². The van der Waals surface area contributed by atoms with Gasteiger partial charge in [0, 0.05) is 16.8 Å².